The number of nitrogens with zero attached hydrogens (tertiary/aromatic N) is 1. The number of rotatable bonds is 2. The van der Waals surface area contributed by atoms with Crippen LogP contribution in [0.15, 0.2) is 33.5 Å². The summed E-state index contributed by atoms with van der Waals surface area (Å²) in [6, 6.07) is 5.99. The fourth-order valence-corrected chi connectivity index (χ4v) is 2.32. The zero-order valence-electron chi connectivity index (χ0n) is 8.13. The van der Waals surface area contributed by atoms with Gasteiger partial charge in [-0.1, -0.05) is 28.1 Å². The van der Waals surface area contributed by atoms with Crippen molar-refractivity contribution in [3.63, 3.8) is 0 Å². The van der Waals surface area contributed by atoms with Gasteiger partial charge in [0.15, 0.2) is 12.2 Å². The van der Waals surface area contributed by atoms with Crippen molar-refractivity contribution in [3.05, 3.63) is 40.3 Å². The van der Waals surface area contributed by atoms with Crippen LogP contribution in [0.2, 0.25) is 0 Å². The molecule has 0 saturated carbocycles. The first-order valence-electron chi connectivity index (χ1n) is 4.48. The molecule has 0 aliphatic rings. The summed E-state index contributed by atoms with van der Waals surface area (Å²) >= 11 is 9.29. The van der Waals surface area contributed by atoms with E-state index in [0.29, 0.717) is 5.88 Å². The van der Waals surface area contributed by atoms with Crippen molar-refractivity contribution in [2.24, 2.45) is 0 Å². The average Bonchev–Trinajstić information content (AvgIpc) is 2.65. The normalized spacial score (nSPS) is 10.6. The molecular formula is C11H9BrClNO. The second kappa shape index (κ2) is 4.37. The van der Waals surface area contributed by atoms with Crippen molar-refractivity contribution in [1.82, 2.24) is 4.98 Å². The number of hydrogen-bond donors (Lipinski definition) is 0. The maximum atomic E-state index is 5.79. The summed E-state index contributed by atoms with van der Waals surface area (Å²) in [5.41, 5.74) is 2.92. The van der Waals surface area contributed by atoms with Gasteiger partial charge in [0.1, 0.15) is 5.69 Å². The van der Waals surface area contributed by atoms with E-state index in [1.54, 1.807) is 0 Å². The number of benzene rings is 1. The lowest BCUT2D eigenvalue weighted by atomic mass is 10.1. The maximum Gasteiger partial charge on any atom is 0.181 e. The molecule has 0 spiro atoms. The van der Waals surface area contributed by atoms with Gasteiger partial charge in [0.2, 0.25) is 0 Å². The van der Waals surface area contributed by atoms with Gasteiger partial charge in [0, 0.05) is 10.0 Å². The average molecular weight is 287 g/mol. The third kappa shape index (κ3) is 1.94. The van der Waals surface area contributed by atoms with E-state index < -0.39 is 0 Å². The fraction of sp³-hybridized carbons (Fsp3) is 0.182. The Labute approximate surface area is 101 Å². The van der Waals surface area contributed by atoms with E-state index in [4.69, 9.17) is 16.0 Å². The minimum absolute atomic E-state index is 0.354. The number of aromatic nitrogens is 1. The predicted octanol–water partition coefficient (Wildman–Crippen LogP) is 4.15. The second-order valence-electron chi connectivity index (χ2n) is 3.19. The van der Waals surface area contributed by atoms with E-state index in [1.807, 2.05) is 25.1 Å². The van der Waals surface area contributed by atoms with Gasteiger partial charge < -0.3 is 4.42 Å². The largest absolute Gasteiger partial charge is 0.443 e. The topological polar surface area (TPSA) is 26.0 Å². The Hall–Kier alpha value is -0.800. The smallest absolute Gasteiger partial charge is 0.181 e. The Kier molecular flexibility index (Phi) is 3.12. The van der Waals surface area contributed by atoms with Crippen molar-refractivity contribution < 1.29 is 4.42 Å². The molecule has 1 aromatic carbocycles. The molecule has 0 fully saturated rings. The number of halogens is 2. The van der Waals surface area contributed by atoms with Crippen LogP contribution >= 0.6 is 27.5 Å². The molecule has 1 heterocycles. The Morgan fingerprint density at radius 2 is 2.27 bits per heavy atom. The van der Waals surface area contributed by atoms with Gasteiger partial charge in [0.05, 0.1) is 5.88 Å². The van der Waals surface area contributed by atoms with Crippen LogP contribution in [0.5, 0.6) is 0 Å². The highest BCUT2D eigenvalue weighted by molar-refractivity contribution is 9.10. The first kappa shape index (κ1) is 10.7. The third-order valence-corrected chi connectivity index (χ3v) is 3.13. The minimum Gasteiger partial charge on any atom is -0.443 e. The fourth-order valence-electron chi connectivity index (χ4n) is 1.49. The monoisotopic (exact) mass is 285 g/mol. The number of hydrogen-bond acceptors (Lipinski definition) is 2. The van der Waals surface area contributed by atoms with Gasteiger partial charge in [-0.15, -0.1) is 11.6 Å². The third-order valence-electron chi connectivity index (χ3n) is 2.22. The van der Waals surface area contributed by atoms with Gasteiger partial charge in [-0.05, 0) is 18.6 Å². The van der Waals surface area contributed by atoms with Gasteiger partial charge in [0.25, 0.3) is 0 Å². The highest BCUT2D eigenvalue weighted by Gasteiger charge is 2.14. The summed E-state index contributed by atoms with van der Waals surface area (Å²) in [6.07, 6.45) is 1.42. The van der Waals surface area contributed by atoms with Gasteiger partial charge >= 0.3 is 0 Å². The highest BCUT2D eigenvalue weighted by Crippen LogP contribution is 2.33. The zero-order chi connectivity index (χ0) is 10.8. The van der Waals surface area contributed by atoms with E-state index in [2.05, 4.69) is 20.9 Å². The molecule has 78 valence electrons. The molecule has 0 unspecified atom stereocenters. The Bertz CT molecular complexity index is 461. The van der Waals surface area contributed by atoms with Crippen molar-refractivity contribution >= 4 is 27.5 Å². The molecule has 2 aromatic rings. The van der Waals surface area contributed by atoms with Crippen molar-refractivity contribution in [2.75, 3.05) is 0 Å². The van der Waals surface area contributed by atoms with E-state index in [-0.39, 0.29) is 0 Å². The van der Waals surface area contributed by atoms with Crippen molar-refractivity contribution in [3.8, 4) is 11.3 Å². The van der Waals surface area contributed by atoms with E-state index in [9.17, 15) is 0 Å². The molecule has 0 radical (unpaired) electrons. The van der Waals surface area contributed by atoms with Crippen LogP contribution in [0.25, 0.3) is 11.3 Å². The van der Waals surface area contributed by atoms with Crippen LogP contribution in [0.4, 0.5) is 0 Å². The lowest BCUT2D eigenvalue weighted by molar-refractivity contribution is 0.570. The molecule has 0 atom stereocenters. The summed E-state index contributed by atoms with van der Waals surface area (Å²) in [4.78, 5) is 4.07. The quantitative estimate of drug-likeness (QED) is 0.775. The summed E-state index contributed by atoms with van der Waals surface area (Å²) in [5.74, 6) is 1.10. The summed E-state index contributed by atoms with van der Waals surface area (Å²) in [6.45, 7) is 2.03. The summed E-state index contributed by atoms with van der Waals surface area (Å²) in [7, 11) is 0. The number of alkyl halides is 1. The highest BCUT2D eigenvalue weighted by atomic mass is 79.9. The first-order valence-corrected chi connectivity index (χ1v) is 5.80. The molecule has 0 aliphatic carbocycles. The molecule has 4 heteroatoms. The molecular weight excluding hydrogens is 277 g/mol. The van der Waals surface area contributed by atoms with Gasteiger partial charge in [-0.25, -0.2) is 4.98 Å². The summed E-state index contributed by atoms with van der Waals surface area (Å²) in [5, 5.41) is 0. The Morgan fingerprint density at radius 1 is 1.47 bits per heavy atom. The molecule has 0 saturated heterocycles. The molecule has 1 aromatic heterocycles. The van der Waals surface area contributed by atoms with Crippen LogP contribution in [0, 0.1) is 6.92 Å². The molecule has 2 nitrogen and oxygen atoms in total. The van der Waals surface area contributed by atoms with Gasteiger partial charge in [-0.3, -0.25) is 0 Å². The molecule has 2 rings (SSSR count). The lowest BCUT2D eigenvalue weighted by Crippen LogP contribution is -1.87. The number of oxazole rings is 1. The Morgan fingerprint density at radius 3 is 2.93 bits per heavy atom. The Balaban J connectivity index is 2.63. The maximum absolute atomic E-state index is 5.79. The van der Waals surface area contributed by atoms with Crippen LogP contribution < -0.4 is 0 Å². The molecule has 0 bridgehead atoms. The van der Waals surface area contributed by atoms with Crippen LogP contribution in [-0.4, -0.2) is 4.98 Å². The van der Waals surface area contributed by atoms with E-state index in [1.165, 1.54) is 6.39 Å². The summed E-state index contributed by atoms with van der Waals surface area (Å²) < 4.78 is 6.37. The minimum atomic E-state index is 0.354. The van der Waals surface area contributed by atoms with Crippen LogP contribution in [0.1, 0.15) is 11.3 Å². The van der Waals surface area contributed by atoms with E-state index in [0.717, 1.165) is 27.1 Å². The predicted molar refractivity (Wildman–Crippen MR) is 63.9 cm³/mol. The SMILES string of the molecule is Cc1cccc(Br)c1-c1ocnc1CCl. The molecule has 0 aliphatic heterocycles. The standard InChI is InChI=1S/C11H9BrClNO/c1-7-3-2-4-8(12)10(7)11-9(5-13)14-6-15-11/h2-4,6H,5H2,1H3. The first-order chi connectivity index (χ1) is 7.24. The van der Waals surface area contributed by atoms with Crippen LogP contribution in [0.3, 0.4) is 0 Å². The second-order valence-corrected chi connectivity index (χ2v) is 4.32. The molecule has 0 N–H and O–H groups in total. The zero-order valence-corrected chi connectivity index (χ0v) is 10.5. The lowest BCUT2D eigenvalue weighted by Gasteiger charge is -2.05. The molecule has 0 amide bonds. The van der Waals surface area contributed by atoms with Crippen molar-refractivity contribution in [2.45, 2.75) is 12.8 Å². The van der Waals surface area contributed by atoms with Gasteiger partial charge in [-0.2, -0.15) is 0 Å². The van der Waals surface area contributed by atoms with Crippen molar-refractivity contribution in [1.29, 1.82) is 0 Å². The molecule has 15 heavy (non-hydrogen) atoms. The van der Waals surface area contributed by atoms with E-state index >= 15 is 0 Å². The van der Waals surface area contributed by atoms with Crippen LogP contribution in [-0.2, 0) is 5.88 Å². The number of aryl methyl sites for hydroxylation is 1.